The fraction of sp³-hybridized carbons (Fsp3) is 0.980. The maximum Gasteiger partial charge on any atom is 0.220 e. The topological polar surface area (TPSA) is 228 Å². The molecule has 0 aliphatic carbocycles. The fourth-order valence-corrected chi connectivity index (χ4v) is 9.18. The second-order valence-electron chi connectivity index (χ2n) is 19.4. The van der Waals surface area contributed by atoms with Gasteiger partial charge in [0, 0.05) is 6.42 Å². The second kappa shape index (κ2) is 38.8. The molecule has 0 aromatic rings. The summed E-state index contributed by atoms with van der Waals surface area (Å²) in [7, 11) is 0. The van der Waals surface area contributed by atoms with Gasteiger partial charge in [-0.15, -0.1) is 0 Å². The molecule has 14 nitrogen and oxygen atoms in total. The second-order valence-corrected chi connectivity index (χ2v) is 19.4. The number of carbonyl (C=O) groups is 1. The van der Waals surface area contributed by atoms with E-state index in [4.69, 9.17) is 18.9 Å². The molecule has 2 heterocycles. The molecule has 2 aliphatic heterocycles. The highest BCUT2D eigenvalue weighted by Crippen LogP contribution is 2.30. The van der Waals surface area contributed by atoms with E-state index < -0.39 is 86.8 Å². The number of rotatable bonds is 42. The summed E-state index contributed by atoms with van der Waals surface area (Å²) in [6.45, 7) is 2.86. The van der Waals surface area contributed by atoms with Crippen LogP contribution in [0.4, 0.5) is 0 Å². The van der Waals surface area contributed by atoms with Crippen LogP contribution in [0.2, 0.25) is 0 Å². The molecule has 65 heavy (non-hydrogen) atoms. The van der Waals surface area contributed by atoms with E-state index in [9.17, 15) is 45.6 Å². The molecule has 0 saturated carbocycles. The molecule has 4 unspecified atom stereocenters. The van der Waals surface area contributed by atoms with Gasteiger partial charge in [-0.1, -0.05) is 206 Å². The smallest absolute Gasteiger partial charge is 0.220 e. The van der Waals surface area contributed by atoms with Crippen LogP contribution in [-0.4, -0.2) is 140 Å². The summed E-state index contributed by atoms with van der Waals surface area (Å²) < 4.78 is 22.8. The number of hydrogen-bond donors (Lipinski definition) is 9. The first kappa shape index (κ1) is 60.1. The zero-order valence-corrected chi connectivity index (χ0v) is 41.0. The van der Waals surface area contributed by atoms with Crippen molar-refractivity contribution in [1.82, 2.24) is 5.32 Å². The minimum Gasteiger partial charge on any atom is -0.394 e. The molecule has 12 atom stereocenters. The maximum atomic E-state index is 13.2. The van der Waals surface area contributed by atoms with E-state index in [1.54, 1.807) is 0 Å². The van der Waals surface area contributed by atoms with E-state index in [1.165, 1.54) is 148 Å². The lowest BCUT2D eigenvalue weighted by atomic mass is 9.97. The Kier molecular flexibility index (Phi) is 35.9. The Labute approximate surface area is 393 Å². The van der Waals surface area contributed by atoms with Gasteiger partial charge in [-0.3, -0.25) is 4.79 Å². The van der Waals surface area contributed by atoms with Gasteiger partial charge in [0.25, 0.3) is 0 Å². The third-order valence-corrected chi connectivity index (χ3v) is 13.6. The first-order valence-corrected chi connectivity index (χ1v) is 26.8. The Morgan fingerprint density at radius 3 is 1.31 bits per heavy atom. The Hall–Kier alpha value is -1.01. The van der Waals surface area contributed by atoms with E-state index in [0.717, 1.165) is 51.4 Å². The summed E-state index contributed by atoms with van der Waals surface area (Å²) in [6, 6.07) is -0.820. The van der Waals surface area contributed by atoms with Crippen LogP contribution in [0.25, 0.3) is 0 Å². The molecule has 2 rings (SSSR count). The largest absolute Gasteiger partial charge is 0.394 e. The van der Waals surface area contributed by atoms with Crippen molar-refractivity contribution in [3.63, 3.8) is 0 Å². The number of amides is 1. The zero-order valence-electron chi connectivity index (χ0n) is 41.0. The number of unbranched alkanes of at least 4 members (excludes halogenated alkanes) is 29. The quantitative estimate of drug-likeness (QED) is 0.0273. The molecule has 0 aromatic carbocycles. The summed E-state index contributed by atoms with van der Waals surface area (Å²) in [5.41, 5.74) is 0. The Morgan fingerprint density at radius 1 is 0.492 bits per heavy atom. The van der Waals surface area contributed by atoms with Gasteiger partial charge in [0.15, 0.2) is 12.6 Å². The molecule has 14 heteroatoms. The predicted molar refractivity (Wildman–Crippen MR) is 254 cm³/mol. The van der Waals surface area contributed by atoms with Crippen molar-refractivity contribution in [2.45, 2.75) is 299 Å². The van der Waals surface area contributed by atoms with Crippen LogP contribution < -0.4 is 5.32 Å². The highest BCUT2D eigenvalue weighted by Gasteiger charge is 2.51. The third-order valence-electron chi connectivity index (χ3n) is 13.6. The van der Waals surface area contributed by atoms with Gasteiger partial charge in [0.1, 0.15) is 48.8 Å². The van der Waals surface area contributed by atoms with Crippen molar-refractivity contribution in [1.29, 1.82) is 0 Å². The van der Waals surface area contributed by atoms with Crippen molar-refractivity contribution in [3.05, 3.63) is 0 Å². The number of aliphatic hydroxyl groups excluding tert-OH is 8. The van der Waals surface area contributed by atoms with Gasteiger partial charge in [-0.25, -0.2) is 0 Å². The lowest BCUT2D eigenvalue weighted by molar-refractivity contribution is -0.359. The first-order chi connectivity index (χ1) is 31.6. The maximum absolute atomic E-state index is 13.2. The predicted octanol–water partition coefficient (Wildman–Crippen LogP) is 7.39. The number of carbonyl (C=O) groups excluding carboxylic acids is 1. The van der Waals surface area contributed by atoms with Gasteiger partial charge in [0.05, 0.1) is 32.0 Å². The zero-order chi connectivity index (χ0) is 47.5. The van der Waals surface area contributed by atoms with Crippen LogP contribution in [0.1, 0.15) is 226 Å². The molecule has 0 aromatic heterocycles. The van der Waals surface area contributed by atoms with Crippen LogP contribution in [0.5, 0.6) is 0 Å². The number of hydrogen-bond acceptors (Lipinski definition) is 13. The Morgan fingerprint density at radius 2 is 0.877 bits per heavy atom. The van der Waals surface area contributed by atoms with Gasteiger partial charge in [-0.2, -0.15) is 0 Å². The van der Waals surface area contributed by atoms with Crippen LogP contribution in [0, 0.1) is 0 Å². The van der Waals surface area contributed by atoms with Crippen molar-refractivity contribution < 1.29 is 64.6 Å². The molecule has 1 amide bonds. The summed E-state index contributed by atoms with van der Waals surface area (Å²) in [6.07, 6.45) is 22.5. The summed E-state index contributed by atoms with van der Waals surface area (Å²) in [5.74, 6) is -0.203. The van der Waals surface area contributed by atoms with Crippen LogP contribution in [0.15, 0.2) is 0 Å². The monoisotopic (exact) mass is 934 g/mol. The highest BCUT2D eigenvalue weighted by molar-refractivity contribution is 5.76. The van der Waals surface area contributed by atoms with Crippen molar-refractivity contribution in [2.24, 2.45) is 0 Å². The van der Waals surface area contributed by atoms with E-state index in [-0.39, 0.29) is 12.5 Å². The lowest BCUT2D eigenvalue weighted by Crippen LogP contribution is -2.65. The van der Waals surface area contributed by atoms with Gasteiger partial charge in [-0.05, 0) is 12.8 Å². The van der Waals surface area contributed by atoms with E-state index in [1.807, 2.05) is 0 Å². The molecule has 2 saturated heterocycles. The highest BCUT2D eigenvalue weighted by atomic mass is 16.7. The summed E-state index contributed by atoms with van der Waals surface area (Å²) >= 11 is 0. The minimum absolute atomic E-state index is 0.203. The molecular formula is C51H99NO13. The summed E-state index contributed by atoms with van der Waals surface area (Å²) in [4.78, 5) is 13.2. The van der Waals surface area contributed by atoms with E-state index >= 15 is 0 Å². The number of nitrogens with one attached hydrogen (secondary N) is 1. The van der Waals surface area contributed by atoms with Crippen LogP contribution in [0.3, 0.4) is 0 Å². The van der Waals surface area contributed by atoms with Crippen LogP contribution in [-0.2, 0) is 23.7 Å². The van der Waals surface area contributed by atoms with Gasteiger partial charge in [0.2, 0.25) is 5.91 Å². The normalized spacial score (nSPS) is 26.9. The Balaban J connectivity index is 1.78. The van der Waals surface area contributed by atoms with Crippen LogP contribution >= 0.6 is 0 Å². The molecule has 0 radical (unpaired) electrons. The Bertz CT molecular complexity index is 1100. The molecule has 0 bridgehead atoms. The van der Waals surface area contributed by atoms with E-state index in [2.05, 4.69) is 19.2 Å². The molecule has 386 valence electrons. The molecule has 0 spiro atoms. The SMILES string of the molecule is CCCCCCCCCCCCCCCCCCCCCC(=O)N[C@@H](CO[C@@H]1O[C@H](CO)[C@@H](O[C@@H]2O[C@H](CO)[C@H](O)C(O)C2O)C(O)C1O)[C@H](O)CCCCCCCCCCCCCC. The average Bonchev–Trinajstić information content (AvgIpc) is 3.30. The van der Waals surface area contributed by atoms with Crippen molar-refractivity contribution >= 4 is 5.91 Å². The summed E-state index contributed by atoms with van der Waals surface area (Å²) in [5, 5.41) is 86.9. The molecule has 2 fully saturated rings. The lowest BCUT2D eigenvalue weighted by Gasteiger charge is -2.46. The van der Waals surface area contributed by atoms with Gasteiger partial charge >= 0.3 is 0 Å². The first-order valence-electron chi connectivity index (χ1n) is 26.8. The van der Waals surface area contributed by atoms with E-state index in [0.29, 0.717) is 12.8 Å². The molecular weight excluding hydrogens is 835 g/mol. The molecule has 2 aliphatic rings. The standard InChI is InChI=1S/C51H99NO13/c1-3-5-7-9-11-13-15-17-18-19-20-21-22-23-25-27-29-31-33-35-43(56)52-39(40(55)34-32-30-28-26-24-16-14-12-10-8-6-4-2)38-62-50-48(61)46(59)49(42(37-54)64-50)65-51-47(60)45(58)44(57)41(36-53)63-51/h39-42,44-51,53-55,57-61H,3-38H2,1-2H3,(H,52,56)/t39-,40+,41+,42+,44-,45?,46?,47?,48?,49+,50+,51-/m0/s1. The van der Waals surface area contributed by atoms with Crippen molar-refractivity contribution in [3.8, 4) is 0 Å². The number of aliphatic hydroxyl groups is 8. The average molecular weight is 934 g/mol. The van der Waals surface area contributed by atoms with Crippen molar-refractivity contribution in [2.75, 3.05) is 19.8 Å². The number of ether oxygens (including phenoxy) is 4. The fourth-order valence-electron chi connectivity index (χ4n) is 9.18. The van der Waals surface area contributed by atoms with Gasteiger partial charge < -0.3 is 65.1 Å². The minimum atomic E-state index is -1.78. The molecule has 9 N–H and O–H groups in total. The third kappa shape index (κ3) is 26.0.